The Morgan fingerprint density at radius 2 is 2.09 bits per heavy atom. The molecule has 3 heterocycles. The number of halogens is 1. The lowest BCUT2D eigenvalue weighted by Gasteiger charge is -2.33. The quantitative estimate of drug-likeness (QED) is 0.752. The van der Waals surface area contributed by atoms with Crippen LogP contribution in [0.2, 0.25) is 0 Å². The van der Waals surface area contributed by atoms with Gasteiger partial charge in [0.15, 0.2) is 0 Å². The van der Waals surface area contributed by atoms with Crippen LogP contribution in [-0.2, 0) is 10.0 Å². The Morgan fingerprint density at radius 1 is 1.30 bits per heavy atom. The average molecular weight is 437 g/mol. The van der Waals surface area contributed by atoms with E-state index in [1.54, 1.807) is 24.7 Å². The van der Waals surface area contributed by atoms with Crippen LogP contribution in [0.1, 0.15) is 11.6 Å². The highest BCUT2D eigenvalue weighted by Crippen LogP contribution is 2.27. The summed E-state index contributed by atoms with van der Waals surface area (Å²) in [5.41, 5.74) is 1.01. The molecule has 1 saturated heterocycles. The summed E-state index contributed by atoms with van der Waals surface area (Å²) in [6, 6.07) is 5.26. The van der Waals surface area contributed by atoms with Gasteiger partial charge >= 0.3 is 0 Å². The zero-order valence-electron chi connectivity index (χ0n) is 12.3. The first kappa shape index (κ1) is 17.5. The molecule has 2 aromatic rings. The van der Waals surface area contributed by atoms with E-state index >= 15 is 0 Å². The second kappa shape index (κ2) is 7.71. The molecule has 1 atom stereocenters. The van der Waals surface area contributed by atoms with Crippen LogP contribution >= 0.6 is 39.0 Å². The molecule has 1 aliphatic rings. The van der Waals surface area contributed by atoms with Gasteiger partial charge in [0.1, 0.15) is 4.21 Å². The van der Waals surface area contributed by atoms with Gasteiger partial charge in [-0.15, -0.1) is 11.3 Å². The van der Waals surface area contributed by atoms with E-state index in [-0.39, 0.29) is 6.04 Å². The van der Waals surface area contributed by atoms with Gasteiger partial charge in [-0.05, 0) is 34.1 Å². The fourth-order valence-corrected chi connectivity index (χ4v) is 6.54. The van der Waals surface area contributed by atoms with Crippen molar-refractivity contribution in [2.75, 3.05) is 31.1 Å². The molecule has 1 aliphatic heterocycles. The van der Waals surface area contributed by atoms with Gasteiger partial charge in [-0.2, -0.15) is 11.8 Å². The molecule has 0 amide bonds. The monoisotopic (exact) mass is 436 g/mol. The fraction of sp³-hybridized carbons (Fsp3) is 0.429. The molecule has 126 valence electrons. The largest absolute Gasteiger partial charge is 0.472 e. The summed E-state index contributed by atoms with van der Waals surface area (Å²) in [6.45, 7) is 2.24. The number of hydrogen-bond acceptors (Lipinski definition) is 6. The van der Waals surface area contributed by atoms with Gasteiger partial charge in [-0.3, -0.25) is 4.90 Å². The van der Waals surface area contributed by atoms with Gasteiger partial charge in [0.25, 0.3) is 0 Å². The van der Waals surface area contributed by atoms with Crippen molar-refractivity contribution < 1.29 is 12.8 Å². The number of furan rings is 1. The first-order valence-corrected chi connectivity index (χ1v) is 11.4. The number of sulfonamides is 1. The number of hydrogen-bond donors (Lipinski definition) is 1. The molecule has 0 saturated carbocycles. The molecule has 0 spiro atoms. The third-order valence-corrected chi connectivity index (χ3v) is 8.18. The molecular formula is C14H17BrN2O3S3. The van der Waals surface area contributed by atoms with Crippen molar-refractivity contribution in [3.63, 3.8) is 0 Å². The van der Waals surface area contributed by atoms with E-state index in [2.05, 4.69) is 25.6 Å². The van der Waals surface area contributed by atoms with Crippen LogP contribution in [0.5, 0.6) is 0 Å². The lowest BCUT2D eigenvalue weighted by atomic mass is 10.1. The average Bonchev–Trinajstić information content (AvgIpc) is 3.20. The predicted octanol–water partition coefficient (Wildman–Crippen LogP) is 3.17. The molecule has 0 aromatic carbocycles. The Labute approximate surface area is 152 Å². The molecule has 3 rings (SSSR count). The second-order valence-electron chi connectivity index (χ2n) is 5.13. The lowest BCUT2D eigenvalue weighted by molar-refractivity contribution is 0.218. The normalized spacial score (nSPS) is 18.1. The molecule has 1 N–H and O–H groups in total. The minimum absolute atomic E-state index is 0.00664. The van der Waals surface area contributed by atoms with Gasteiger partial charge in [0.05, 0.1) is 22.4 Å². The highest BCUT2D eigenvalue weighted by Gasteiger charge is 2.26. The van der Waals surface area contributed by atoms with Crippen LogP contribution in [0.3, 0.4) is 0 Å². The number of thiophene rings is 1. The molecule has 9 heteroatoms. The van der Waals surface area contributed by atoms with Crippen LogP contribution in [0.15, 0.2) is 43.1 Å². The van der Waals surface area contributed by atoms with E-state index in [9.17, 15) is 8.42 Å². The predicted molar refractivity (Wildman–Crippen MR) is 97.6 cm³/mol. The Bertz CT molecular complexity index is 724. The lowest BCUT2D eigenvalue weighted by Crippen LogP contribution is -2.41. The maximum atomic E-state index is 12.4. The van der Waals surface area contributed by atoms with Gasteiger partial charge in [-0.1, -0.05) is 0 Å². The summed E-state index contributed by atoms with van der Waals surface area (Å²) in [6.07, 6.45) is 3.33. The number of nitrogens with one attached hydrogen (secondary N) is 1. The molecule has 5 nitrogen and oxygen atoms in total. The summed E-state index contributed by atoms with van der Waals surface area (Å²) in [7, 11) is -3.49. The standard InChI is InChI=1S/C14H17BrN2O3S3/c15-13-1-2-14(22-13)23(18,19)16-9-12(11-3-6-20-10-11)17-4-7-21-8-5-17/h1-3,6,10,12,16H,4-5,7-9H2. The minimum atomic E-state index is -3.49. The van der Waals surface area contributed by atoms with Gasteiger partial charge in [0, 0.05) is 36.7 Å². The second-order valence-corrected chi connectivity index (χ2v) is 10.8. The molecule has 0 bridgehead atoms. The summed E-state index contributed by atoms with van der Waals surface area (Å²) < 4.78 is 33.9. The van der Waals surface area contributed by atoms with Crippen molar-refractivity contribution in [3.8, 4) is 0 Å². The SMILES string of the molecule is O=S(=O)(NCC(c1ccoc1)N1CCSCC1)c1ccc(Br)s1. The van der Waals surface area contributed by atoms with Crippen LogP contribution in [0.25, 0.3) is 0 Å². The minimum Gasteiger partial charge on any atom is -0.472 e. The van der Waals surface area contributed by atoms with E-state index in [0.717, 1.165) is 33.9 Å². The van der Waals surface area contributed by atoms with Crippen LogP contribution in [0.4, 0.5) is 0 Å². The fourth-order valence-electron chi connectivity index (χ4n) is 2.51. The van der Waals surface area contributed by atoms with Gasteiger partial charge < -0.3 is 4.42 Å². The molecule has 1 fully saturated rings. The zero-order chi connectivity index (χ0) is 16.3. The van der Waals surface area contributed by atoms with Gasteiger partial charge in [0.2, 0.25) is 10.0 Å². The third-order valence-electron chi connectivity index (χ3n) is 3.69. The van der Waals surface area contributed by atoms with Crippen molar-refractivity contribution in [2.45, 2.75) is 10.3 Å². The Hall–Kier alpha value is -0.320. The molecule has 0 aliphatic carbocycles. The van der Waals surface area contributed by atoms with E-state index in [4.69, 9.17) is 4.42 Å². The molecule has 1 unspecified atom stereocenters. The number of thioether (sulfide) groups is 1. The maximum absolute atomic E-state index is 12.4. The van der Waals surface area contributed by atoms with Crippen LogP contribution in [0, 0.1) is 0 Å². The summed E-state index contributed by atoms with van der Waals surface area (Å²) in [5, 5.41) is 0. The summed E-state index contributed by atoms with van der Waals surface area (Å²) in [5.74, 6) is 2.14. The Balaban J connectivity index is 1.73. The Kier molecular flexibility index (Phi) is 5.87. The first-order chi connectivity index (χ1) is 11.1. The highest BCUT2D eigenvalue weighted by molar-refractivity contribution is 9.11. The first-order valence-electron chi connectivity index (χ1n) is 7.15. The zero-order valence-corrected chi connectivity index (χ0v) is 16.3. The van der Waals surface area contributed by atoms with E-state index in [1.165, 1.54) is 11.3 Å². The Morgan fingerprint density at radius 3 is 2.70 bits per heavy atom. The molecule has 2 aromatic heterocycles. The van der Waals surface area contributed by atoms with Crippen molar-refractivity contribution >= 4 is 49.1 Å². The third kappa shape index (κ3) is 4.40. The number of rotatable bonds is 6. The number of nitrogens with zero attached hydrogens (tertiary/aromatic N) is 1. The van der Waals surface area contributed by atoms with Crippen molar-refractivity contribution in [3.05, 3.63) is 40.1 Å². The van der Waals surface area contributed by atoms with E-state index in [0.29, 0.717) is 10.8 Å². The van der Waals surface area contributed by atoms with E-state index in [1.807, 2.05) is 17.8 Å². The molecule has 0 radical (unpaired) electrons. The van der Waals surface area contributed by atoms with E-state index < -0.39 is 10.0 Å². The van der Waals surface area contributed by atoms with Crippen molar-refractivity contribution in [2.24, 2.45) is 0 Å². The topological polar surface area (TPSA) is 62.6 Å². The van der Waals surface area contributed by atoms with Crippen LogP contribution in [-0.4, -0.2) is 44.5 Å². The maximum Gasteiger partial charge on any atom is 0.250 e. The van der Waals surface area contributed by atoms with Crippen molar-refractivity contribution in [1.82, 2.24) is 9.62 Å². The van der Waals surface area contributed by atoms with Crippen molar-refractivity contribution in [1.29, 1.82) is 0 Å². The smallest absolute Gasteiger partial charge is 0.250 e. The summed E-state index contributed by atoms with van der Waals surface area (Å²) >= 11 is 6.44. The summed E-state index contributed by atoms with van der Waals surface area (Å²) in [4.78, 5) is 2.31. The van der Waals surface area contributed by atoms with Gasteiger partial charge in [-0.25, -0.2) is 13.1 Å². The molecular weight excluding hydrogens is 420 g/mol. The highest BCUT2D eigenvalue weighted by atomic mass is 79.9. The van der Waals surface area contributed by atoms with Crippen LogP contribution < -0.4 is 4.72 Å². The molecule has 23 heavy (non-hydrogen) atoms.